The summed E-state index contributed by atoms with van der Waals surface area (Å²) in [7, 11) is 3.32. The number of ether oxygens (including phenoxy) is 2. The van der Waals surface area contributed by atoms with Gasteiger partial charge in [-0.1, -0.05) is 11.6 Å². The second-order valence-corrected chi connectivity index (χ2v) is 5.87. The van der Waals surface area contributed by atoms with Crippen molar-refractivity contribution >= 4 is 17.3 Å². The number of quaternary nitrogens is 1. The van der Waals surface area contributed by atoms with Crippen LogP contribution in [0.3, 0.4) is 0 Å². The number of nitrogens with two attached hydrogens (primary N) is 2. The molecule has 22 heavy (non-hydrogen) atoms. The molecule has 4 N–H and O–H groups in total. The highest BCUT2D eigenvalue weighted by Crippen LogP contribution is 2.37. The van der Waals surface area contributed by atoms with Gasteiger partial charge in [-0.3, -0.25) is 0 Å². The number of rotatable bonds is 3. The zero-order chi connectivity index (χ0) is 15.7. The van der Waals surface area contributed by atoms with E-state index in [1.165, 1.54) is 11.1 Å². The number of fused-ring (bicyclic) bond motifs is 1. The van der Waals surface area contributed by atoms with Crippen molar-refractivity contribution < 1.29 is 14.8 Å². The van der Waals surface area contributed by atoms with Crippen molar-refractivity contribution in [2.75, 3.05) is 26.5 Å². The summed E-state index contributed by atoms with van der Waals surface area (Å²) in [6.45, 7) is 1.01. The fourth-order valence-corrected chi connectivity index (χ4v) is 3.28. The summed E-state index contributed by atoms with van der Waals surface area (Å²) in [5, 5.41) is 2.96. The molecule has 0 aliphatic carbocycles. The fourth-order valence-electron chi connectivity index (χ4n) is 3.10. The van der Waals surface area contributed by atoms with Gasteiger partial charge in [-0.2, -0.15) is 0 Å². The standard InChI is InChI=1S/C17H19ClN2O2/c1-21-15-7-10-5-6-20-17(13(10)9-16(15)22-2)12-4-3-11(18)8-14(12)19/h3-4,7-9,17,20H,5-6,19H2,1-2H3/p+1/t17-/m1/s1. The lowest BCUT2D eigenvalue weighted by molar-refractivity contribution is -0.689. The number of hydrogen-bond acceptors (Lipinski definition) is 3. The largest absolute Gasteiger partial charge is 0.493 e. The molecule has 0 fully saturated rings. The maximum absolute atomic E-state index is 6.18. The molecule has 4 nitrogen and oxygen atoms in total. The first-order chi connectivity index (χ1) is 10.6. The van der Waals surface area contributed by atoms with Gasteiger partial charge < -0.3 is 20.5 Å². The lowest BCUT2D eigenvalue weighted by Crippen LogP contribution is -2.87. The lowest BCUT2D eigenvalue weighted by Gasteiger charge is -2.26. The van der Waals surface area contributed by atoms with Crippen molar-refractivity contribution in [1.29, 1.82) is 0 Å². The number of nitrogen functional groups attached to an aromatic ring is 1. The molecular formula is C17H20ClN2O2+. The Hall–Kier alpha value is -1.91. The topological polar surface area (TPSA) is 61.1 Å². The van der Waals surface area contributed by atoms with Gasteiger partial charge in [0.2, 0.25) is 0 Å². The third-order valence-corrected chi connectivity index (χ3v) is 4.42. The fraction of sp³-hybridized carbons (Fsp3) is 0.294. The van der Waals surface area contributed by atoms with Crippen LogP contribution in [0.15, 0.2) is 30.3 Å². The summed E-state index contributed by atoms with van der Waals surface area (Å²) < 4.78 is 10.8. The molecule has 1 heterocycles. The predicted molar refractivity (Wildman–Crippen MR) is 87.7 cm³/mol. The minimum absolute atomic E-state index is 0.154. The molecule has 0 saturated heterocycles. The smallest absolute Gasteiger partial charge is 0.161 e. The highest BCUT2D eigenvalue weighted by atomic mass is 35.5. The van der Waals surface area contributed by atoms with Gasteiger partial charge in [-0.15, -0.1) is 0 Å². The van der Waals surface area contributed by atoms with E-state index < -0.39 is 0 Å². The molecule has 0 saturated carbocycles. The molecule has 0 radical (unpaired) electrons. The van der Waals surface area contributed by atoms with E-state index in [-0.39, 0.29) is 6.04 Å². The Bertz CT molecular complexity index is 703. The quantitative estimate of drug-likeness (QED) is 0.852. The van der Waals surface area contributed by atoms with Crippen LogP contribution in [0.25, 0.3) is 0 Å². The van der Waals surface area contributed by atoms with Crippen LogP contribution in [0.1, 0.15) is 22.7 Å². The van der Waals surface area contributed by atoms with E-state index in [0.29, 0.717) is 5.02 Å². The molecule has 0 aromatic heterocycles. The van der Waals surface area contributed by atoms with Crippen molar-refractivity contribution in [2.45, 2.75) is 12.5 Å². The van der Waals surface area contributed by atoms with E-state index in [1.807, 2.05) is 12.1 Å². The molecule has 5 heteroatoms. The van der Waals surface area contributed by atoms with Crippen molar-refractivity contribution in [1.82, 2.24) is 0 Å². The second kappa shape index (κ2) is 6.07. The van der Waals surface area contributed by atoms with Gasteiger partial charge in [-0.25, -0.2) is 0 Å². The van der Waals surface area contributed by atoms with Crippen LogP contribution < -0.4 is 20.5 Å². The van der Waals surface area contributed by atoms with Gasteiger partial charge >= 0.3 is 0 Å². The van der Waals surface area contributed by atoms with Crippen LogP contribution in [-0.2, 0) is 6.42 Å². The number of halogens is 1. The average Bonchev–Trinajstić information content (AvgIpc) is 2.53. The van der Waals surface area contributed by atoms with Crippen LogP contribution in [-0.4, -0.2) is 20.8 Å². The normalized spacial score (nSPS) is 17.0. The summed E-state index contributed by atoms with van der Waals surface area (Å²) >= 11 is 6.02. The number of methoxy groups -OCH3 is 2. The first kappa shape index (κ1) is 15.0. The molecule has 0 unspecified atom stereocenters. The van der Waals surface area contributed by atoms with Gasteiger partial charge in [0.05, 0.1) is 20.8 Å². The Morgan fingerprint density at radius 2 is 1.82 bits per heavy atom. The van der Waals surface area contributed by atoms with Crippen molar-refractivity contribution in [3.63, 3.8) is 0 Å². The molecule has 116 valence electrons. The number of benzene rings is 2. The molecule has 1 aliphatic heterocycles. The third kappa shape index (κ3) is 2.60. The van der Waals surface area contributed by atoms with E-state index in [1.54, 1.807) is 20.3 Å². The van der Waals surface area contributed by atoms with E-state index in [0.717, 1.165) is 35.7 Å². The third-order valence-electron chi connectivity index (χ3n) is 4.18. The number of anilines is 1. The van der Waals surface area contributed by atoms with Gasteiger partial charge in [0.25, 0.3) is 0 Å². The first-order valence-electron chi connectivity index (χ1n) is 7.27. The van der Waals surface area contributed by atoms with Gasteiger partial charge in [0.1, 0.15) is 6.04 Å². The monoisotopic (exact) mass is 319 g/mol. The molecule has 2 aromatic rings. The summed E-state index contributed by atoms with van der Waals surface area (Å²) in [5.41, 5.74) is 10.5. The predicted octanol–water partition coefficient (Wildman–Crippen LogP) is 2.15. The maximum atomic E-state index is 6.18. The number of hydrogen-bond donors (Lipinski definition) is 2. The maximum Gasteiger partial charge on any atom is 0.161 e. The Morgan fingerprint density at radius 3 is 2.50 bits per heavy atom. The molecule has 1 atom stereocenters. The summed E-state index contributed by atoms with van der Waals surface area (Å²) in [6, 6.07) is 9.98. The Morgan fingerprint density at radius 1 is 1.09 bits per heavy atom. The average molecular weight is 320 g/mol. The summed E-state index contributed by atoms with van der Waals surface area (Å²) in [6.07, 6.45) is 1.000. The summed E-state index contributed by atoms with van der Waals surface area (Å²) in [4.78, 5) is 0. The molecule has 1 aliphatic rings. The molecule has 3 rings (SSSR count). The Kier molecular flexibility index (Phi) is 4.14. The van der Waals surface area contributed by atoms with Crippen LogP contribution in [0.5, 0.6) is 11.5 Å². The zero-order valence-corrected chi connectivity index (χ0v) is 13.5. The van der Waals surface area contributed by atoms with Gasteiger partial charge in [-0.05, 0) is 35.9 Å². The van der Waals surface area contributed by atoms with Crippen LogP contribution in [0, 0.1) is 0 Å². The lowest BCUT2D eigenvalue weighted by atomic mass is 9.88. The Balaban J connectivity index is 2.10. The van der Waals surface area contributed by atoms with Crippen LogP contribution >= 0.6 is 11.6 Å². The van der Waals surface area contributed by atoms with Crippen molar-refractivity contribution in [3.05, 3.63) is 52.0 Å². The zero-order valence-electron chi connectivity index (χ0n) is 12.7. The van der Waals surface area contributed by atoms with E-state index in [2.05, 4.69) is 17.4 Å². The molecule has 0 bridgehead atoms. The van der Waals surface area contributed by atoms with Crippen LogP contribution in [0.2, 0.25) is 5.02 Å². The Labute approximate surface area is 135 Å². The SMILES string of the molecule is COc1cc2c(cc1OC)[C@@H](c1ccc(Cl)cc1N)[NH2+]CC2. The minimum Gasteiger partial charge on any atom is -0.493 e. The summed E-state index contributed by atoms with van der Waals surface area (Å²) in [5.74, 6) is 1.51. The van der Waals surface area contributed by atoms with Crippen molar-refractivity contribution in [2.24, 2.45) is 0 Å². The van der Waals surface area contributed by atoms with Gasteiger partial charge in [0, 0.05) is 28.3 Å². The van der Waals surface area contributed by atoms with Gasteiger partial charge in [0.15, 0.2) is 11.5 Å². The van der Waals surface area contributed by atoms with E-state index in [4.69, 9.17) is 26.8 Å². The minimum atomic E-state index is 0.154. The molecular weight excluding hydrogens is 300 g/mol. The van der Waals surface area contributed by atoms with Crippen molar-refractivity contribution in [3.8, 4) is 11.5 Å². The molecule has 0 spiro atoms. The molecule has 2 aromatic carbocycles. The highest BCUT2D eigenvalue weighted by Gasteiger charge is 2.28. The highest BCUT2D eigenvalue weighted by molar-refractivity contribution is 6.30. The van der Waals surface area contributed by atoms with Crippen LogP contribution in [0.4, 0.5) is 5.69 Å². The molecule has 0 amide bonds. The van der Waals surface area contributed by atoms with E-state index in [9.17, 15) is 0 Å². The van der Waals surface area contributed by atoms with E-state index >= 15 is 0 Å². The second-order valence-electron chi connectivity index (χ2n) is 5.43. The first-order valence-corrected chi connectivity index (χ1v) is 7.65.